The number of rotatable bonds is 5. The maximum atomic E-state index is 10.9. The average molecular weight is 288 g/mol. The van der Waals surface area contributed by atoms with Crippen molar-refractivity contribution in [1.29, 1.82) is 0 Å². The Morgan fingerprint density at radius 2 is 2.28 bits per heavy atom. The van der Waals surface area contributed by atoms with Crippen molar-refractivity contribution in [1.82, 2.24) is 9.88 Å². The molecule has 0 unspecified atom stereocenters. The summed E-state index contributed by atoms with van der Waals surface area (Å²) in [6.45, 7) is 2.94. The van der Waals surface area contributed by atoms with Crippen LogP contribution in [0.4, 0.5) is 0 Å². The largest absolute Gasteiger partial charge is 0.370 e. The van der Waals surface area contributed by atoms with Crippen LogP contribution in [-0.4, -0.2) is 28.9 Å². The van der Waals surface area contributed by atoms with Gasteiger partial charge in [-0.3, -0.25) is 9.69 Å². The third-order valence-electron chi connectivity index (χ3n) is 3.29. The number of aromatic nitrogens is 1. The van der Waals surface area contributed by atoms with Crippen LogP contribution in [0.1, 0.15) is 30.0 Å². The molecule has 0 aliphatic carbocycles. The number of halogens is 1. The number of nitrogens with zero attached hydrogens (tertiary/aromatic N) is 2. The summed E-state index contributed by atoms with van der Waals surface area (Å²) in [4.78, 5) is 17.7. The van der Waals surface area contributed by atoms with E-state index < -0.39 is 0 Å². The lowest BCUT2D eigenvalue weighted by Gasteiger charge is -2.30. The molecule has 2 heterocycles. The summed E-state index contributed by atoms with van der Waals surface area (Å²) in [5, 5.41) is 3.14. The zero-order chi connectivity index (χ0) is 13.0. The minimum Gasteiger partial charge on any atom is -0.370 e. The van der Waals surface area contributed by atoms with Gasteiger partial charge in [0.2, 0.25) is 5.91 Å². The lowest BCUT2D eigenvalue weighted by atomic mass is 9.93. The van der Waals surface area contributed by atoms with Gasteiger partial charge in [0.1, 0.15) is 5.01 Å². The third kappa shape index (κ3) is 3.93. The van der Waals surface area contributed by atoms with E-state index in [-0.39, 0.29) is 5.91 Å². The minimum atomic E-state index is -0.180. The van der Waals surface area contributed by atoms with E-state index >= 15 is 0 Å². The van der Waals surface area contributed by atoms with E-state index in [4.69, 9.17) is 17.3 Å². The fourth-order valence-electron chi connectivity index (χ4n) is 2.31. The van der Waals surface area contributed by atoms with Gasteiger partial charge in [-0.2, -0.15) is 0 Å². The van der Waals surface area contributed by atoms with Crippen molar-refractivity contribution in [3.63, 3.8) is 0 Å². The summed E-state index contributed by atoms with van der Waals surface area (Å²) in [6, 6.07) is 0. The highest BCUT2D eigenvalue weighted by Gasteiger charge is 2.21. The van der Waals surface area contributed by atoms with Crippen LogP contribution in [0.15, 0.2) is 5.38 Å². The molecule has 100 valence electrons. The van der Waals surface area contributed by atoms with Crippen molar-refractivity contribution in [2.45, 2.75) is 31.7 Å². The molecule has 6 heteroatoms. The minimum absolute atomic E-state index is 0.180. The van der Waals surface area contributed by atoms with Crippen LogP contribution in [0, 0.1) is 5.92 Å². The van der Waals surface area contributed by atoms with E-state index in [1.165, 1.54) is 0 Å². The molecule has 0 saturated carbocycles. The maximum Gasteiger partial charge on any atom is 0.217 e. The van der Waals surface area contributed by atoms with Crippen LogP contribution >= 0.6 is 22.9 Å². The van der Waals surface area contributed by atoms with Crippen LogP contribution < -0.4 is 5.73 Å². The SMILES string of the molecule is NC(=O)CC1CCN(Cc2nc(CCl)cs2)CC1. The number of amides is 1. The molecule has 0 radical (unpaired) electrons. The quantitative estimate of drug-likeness (QED) is 0.843. The van der Waals surface area contributed by atoms with E-state index in [1.54, 1.807) is 11.3 Å². The zero-order valence-corrected chi connectivity index (χ0v) is 11.8. The molecule has 2 N–H and O–H groups in total. The highest BCUT2D eigenvalue weighted by molar-refractivity contribution is 7.09. The summed E-state index contributed by atoms with van der Waals surface area (Å²) in [7, 11) is 0. The van der Waals surface area contributed by atoms with Crippen molar-refractivity contribution in [3.05, 3.63) is 16.1 Å². The van der Waals surface area contributed by atoms with Gasteiger partial charge >= 0.3 is 0 Å². The standard InChI is InChI=1S/C12H18ClN3OS/c13-6-10-8-18-12(15-10)7-16-3-1-9(2-4-16)5-11(14)17/h8-9H,1-7H2,(H2,14,17). The van der Waals surface area contributed by atoms with Crippen LogP contribution in [0.2, 0.25) is 0 Å². The maximum absolute atomic E-state index is 10.9. The molecule has 0 aromatic carbocycles. The molecule has 1 fully saturated rings. The van der Waals surface area contributed by atoms with Gasteiger partial charge in [0.25, 0.3) is 0 Å². The first-order chi connectivity index (χ1) is 8.67. The monoisotopic (exact) mass is 287 g/mol. The van der Waals surface area contributed by atoms with Crippen molar-refractivity contribution in [2.24, 2.45) is 11.7 Å². The summed E-state index contributed by atoms with van der Waals surface area (Å²) in [6.07, 6.45) is 2.63. The molecule has 0 bridgehead atoms. The summed E-state index contributed by atoms with van der Waals surface area (Å²) >= 11 is 7.41. The Labute approximate surface area is 116 Å². The number of carbonyl (C=O) groups is 1. The van der Waals surface area contributed by atoms with E-state index in [9.17, 15) is 4.79 Å². The van der Waals surface area contributed by atoms with Gasteiger partial charge in [-0.15, -0.1) is 22.9 Å². The molecule has 1 aromatic rings. The third-order valence-corrected chi connectivity index (χ3v) is 4.45. The average Bonchev–Trinajstić information content (AvgIpc) is 2.79. The van der Waals surface area contributed by atoms with E-state index in [0.717, 1.165) is 43.2 Å². The van der Waals surface area contributed by atoms with Crippen molar-refractivity contribution in [2.75, 3.05) is 13.1 Å². The Morgan fingerprint density at radius 1 is 1.56 bits per heavy atom. The predicted molar refractivity (Wildman–Crippen MR) is 73.5 cm³/mol. The Kier molecular flexibility index (Phi) is 4.97. The zero-order valence-electron chi connectivity index (χ0n) is 10.3. The number of thiazole rings is 1. The van der Waals surface area contributed by atoms with Crippen molar-refractivity contribution >= 4 is 28.8 Å². The van der Waals surface area contributed by atoms with E-state index in [0.29, 0.717) is 18.2 Å². The fourth-order valence-corrected chi connectivity index (χ4v) is 3.37. The number of hydrogen-bond acceptors (Lipinski definition) is 4. The van der Waals surface area contributed by atoms with Gasteiger partial charge in [0, 0.05) is 11.8 Å². The summed E-state index contributed by atoms with van der Waals surface area (Å²) in [5.41, 5.74) is 6.18. The Bertz CT molecular complexity index is 402. The molecule has 0 atom stereocenters. The molecule has 1 saturated heterocycles. The molecular formula is C12H18ClN3OS. The van der Waals surface area contributed by atoms with Gasteiger partial charge in [0.05, 0.1) is 18.1 Å². The molecule has 1 aliphatic heterocycles. The molecule has 0 spiro atoms. The molecule has 2 rings (SSSR count). The van der Waals surface area contributed by atoms with Gasteiger partial charge in [-0.05, 0) is 31.8 Å². The number of hydrogen-bond donors (Lipinski definition) is 1. The Balaban J connectivity index is 1.78. The second-order valence-electron chi connectivity index (χ2n) is 4.76. The topological polar surface area (TPSA) is 59.2 Å². The number of nitrogens with two attached hydrogens (primary N) is 1. The molecular weight excluding hydrogens is 270 g/mol. The lowest BCUT2D eigenvalue weighted by Crippen LogP contribution is -2.34. The van der Waals surface area contributed by atoms with Crippen LogP contribution in [0.25, 0.3) is 0 Å². The predicted octanol–water partition coefficient (Wildman–Crippen LogP) is 1.97. The first kappa shape index (κ1) is 13.8. The molecule has 18 heavy (non-hydrogen) atoms. The van der Waals surface area contributed by atoms with E-state index in [2.05, 4.69) is 9.88 Å². The van der Waals surface area contributed by atoms with Gasteiger partial charge < -0.3 is 5.73 Å². The molecule has 1 aromatic heterocycles. The van der Waals surface area contributed by atoms with Crippen LogP contribution in [0.5, 0.6) is 0 Å². The molecule has 1 amide bonds. The second-order valence-corrected chi connectivity index (χ2v) is 5.97. The van der Waals surface area contributed by atoms with E-state index in [1.807, 2.05) is 5.38 Å². The first-order valence-corrected chi connectivity index (χ1v) is 7.58. The van der Waals surface area contributed by atoms with Gasteiger partial charge in [-0.1, -0.05) is 0 Å². The number of carbonyl (C=O) groups excluding carboxylic acids is 1. The highest BCUT2D eigenvalue weighted by atomic mass is 35.5. The van der Waals surface area contributed by atoms with Crippen molar-refractivity contribution < 1.29 is 4.79 Å². The second kappa shape index (κ2) is 6.50. The number of likely N-dealkylation sites (tertiary alicyclic amines) is 1. The first-order valence-electron chi connectivity index (χ1n) is 6.17. The Hall–Kier alpha value is -0.650. The van der Waals surface area contributed by atoms with Crippen LogP contribution in [-0.2, 0) is 17.2 Å². The number of alkyl halides is 1. The fraction of sp³-hybridized carbons (Fsp3) is 0.667. The van der Waals surface area contributed by atoms with Crippen LogP contribution in [0.3, 0.4) is 0 Å². The normalized spacial score (nSPS) is 18.1. The lowest BCUT2D eigenvalue weighted by molar-refractivity contribution is -0.119. The van der Waals surface area contributed by atoms with Gasteiger partial charge in [-0.25, -0.2) is 4.98 Å². The summed E-state index contributed by atoms with van der Waals surface area (Å²) in [5.74, 6) is 0.769. The Morgan fingerprint density at radius 3 is 2.83 bits per heavy atom. The highest BCUT2D eigenvalue weighted by Crippen LogP contribution is 2.22. The molecule has 4 nitrogen and oxygen atoms in total. The number of primary amides is 1. The smallest absolute Gasteiger partial charge is 0.217 e. The van der Waals surface area contributed by atoms with Crippen molar-refractivity contribution in [3.8, 4) is 0 Å². The molecule has 1 aliphatic rings. The number of piperidine rings is 1. The summed E-state index contributed by atoms with van der Waals surface area (Å²) < 4.78 is 0. The van der Waals surface area contributed by atoms with Gasteiger partial charge in [0.15, 0.2) is 0 Å².